The molecule has 1 aliphatic rings. The topological polar surface area (TPSA) is 34.1 Å². The fraction of sp³-hybridized carbons (Fsp3) is 0.263. The van der Waals surface area contributed by atoms with Crippen LogP contribution in [0.15, 0.2) is 125 Å². The Morgan fingerprint density at radius 1 is 0.600 bits per heavy atom. The summed E-state index contributed by atoms with van der Waals surface area (Å²) in [6, 6.07) is 26.5. The first kappa shape index (κ1) is 29.0. The van der Waals surface area contributed by atoms with Crippen LogP contribution in [0.3, 0.4) is 0 Å². The molecule has 0 unspecified atom stereocenters. The number of ketones is 2. The van der Waals surface area contributed by atoms with Crippen LogP contribution >= 0.6 is 0 Å². The Hall–Kier alpha value is -4.04. The number of hydrogen-bond donors (Lipinski definition) is 0. The Morgan fingerprint density at radius 3 is 1.77 bits per heavy atom. The maximum Gasteiger partial charge on any atom is 0.190 e. The molecule has 0 aromatic heterocycles. The lowest BCUT2D eigenvalue weighted by Gasteiger charge is -2.18. The molecule has 0 saturated heterocycles. The van der Waals surface area contributed by atoms with Gasteiger partial charge in [-0.1, -0.05) is 114 Å². The summed E-state index contributed by atoms with van der Waals surface area (Å²) in [5.41, 5.74) is 10.2. The van der Waals surface area contributed by atoms with Gasteiger partial charge in [-0.25, -0.2) is 0 Å². The summed E-state index contributed by atoms with van der Waals surface area (Å²) in [4.78, 5) is 25.7. The lowest BCUT2D eigenvalue weighted by Crippen LogP contribution is -2.20. The number of carbonyl (C=O) groups is 2. The van der Waals surface area contributed by atoms with E-state index in [4.69, 9.17) is 0 Å². The molecule has 0 amide bonds. The number of fused-ring (bicyclic) bond motifs is 1. The summed E-state index contributed by atoms with van der Waals surface area (Å²) in [6.45, 7) is 8.32. The van der Waals surface area contributed by atoms with Gasteiger partial charge in [0.05, 0.1) is 0 Å². The largest absolute Gasteiger partial charge is 0.289 e. The Bertz CT molecular complexity index is 1480. The Kier molecular flexibility index (Phi) is 10.0. The van der Waals surface area contributed by atoms with E-state index < -0.39 is 0 Å². The quantitative estimate of drug-likeness (QED) is 0.232. The number of benzene rings is 3. The monoisotopic (exact) mass is 528 g/mol. The van der Waals surface area contributed by atoms with E-state index in [0.717, 1.165) is 32.1 Å². The Labute approximate surface area is 239 Å². The van der Waals surface area contributed by atoms with Gasteiger partial charge in [0.2, 0.25) is 0 Å². The van der Waals surface area contributed by atoms with E-state index in [1.807, 2.05) is 18.2 Å². The molecule has 40 heavy (non-hydrogen) atoms. The molecule has 0 bridgehead atoms. The van der Waals surface area contributed by atoms with Crippen molar-refractivity contribution in [1.82, 2.24) is 0 Å². The van der Waals surface area contributed by atoms with Gasteiger partial charge in [0, 0.05) is 22.3 Å². The molecule has 1 aliphatic carbocycles. The summed E-state index contributed by atoms with van der Waals surface area (Å²) >= 11 is 0. The van der Waals surface area contributed by atoms with Crippen LogP contribution in [0.5, 0.6) is 0 Å². The van der Waals surface area contributed by atoms with Crippen LogP contribution in [0.25, 0.3) is 11.1 Å². The van der Waals surface area contributed by atoms with E-state index in [-0.39, 0.29) is 11.6 Å². The lowest BCUT2D eigenvalue weighted by molar-refractivity contribution is 0.0973. The van der Waals surface area contributed by atoms with Crippen LogP contribution < -0.4 is 0 Å². The van der Waals surface area contributed by atoms with Gasteiger partial charge in [-0.2, -0.15) is 0 Å². The second-order valence-electron chi connectivity index (χ2n) is 11.0. The highest BCUT2D eigenvalue weighted by Crippen LogP contribution is 2.28. The molecule has 2 heteroatoms. The van der Waals surface area contributed by atoms with Gasteiger partial charge in [-0.3, -0.25) is 9.59 Å². The van der Waals surface area contributed by atoms with Gasteiger partial charge >= 0.3 is 0 Å². The molecule has 4 rings (SSSR count). The third kappa shape index (κ3) is 7.54. The molecule has 0 saturated carbocycles. The molecule has 0 atom stereocenters. The predicted octanol–water partition coefficient (Wildman–Crippen LogP) is 10.1. The van der Waals surface area contributed by atoms with E-state index in [1.54, 1.807) is 19.1 Å². The summed E-state index contributed by atoms with van der Waals surface area (Å²) in [5.74, 6) is -0.0416. The third-order valence-electron chi connectivity index (χ3n) is 7.75. The standard InChI is InChI=1S/C38H40O2/c1-27(13-11-15-29(3)26-31-21-23-33(24-22-31)32-16-6-5-7-17-32)12-10-14-28(2)20-25-34-30(4)37(39)35-18-8-9-19-36(35)38(34)40/h5-9,12,15-24H,10-11,13-14,25-26H2,1-4H3/b27-12+,28-20+,29-15+. The molecule has 2 nitrogen and oxygen atoms in total. The Morgan fingerprint density at radius 2 is 1.12 bits per heavy atom. The molecular formula is C38H40O2. The van der Waals surface area contributed by atoms with E-state index in [2.05, 4.69) is 87.5 Å². The van der Waals surface area contributed by atoms with E-state index in [1.165, 1.54) is 33.4 Å². The van der Waals surface area contributed by atoms with Crippen LogP contribution in [0.2, 0.25) is 0 Å². The highest BCUT2D eigenvalue weighted by molar-refractivity contribution is 6.26. The number of hydrogen-bond acceptors (Lipinski definition) is 2. The molecule has 0 fully saturated rings. The fourth-order valence-electron chi connectivity index (χ4n) is 5.21. The van der Waals surface area contributed by atoms with Gasteiger partial charge in [-0.05, 0) is 82.9 Å². The molecular weight excluding hydrogens is 488 g/mol. The van der Waals surface area contributed by atoms with Crippen LogP contribution in [-0.4, -0.2) is 11.6 Å². The average Bonchev–Trinajstić information content (AvgIpc) is 2.97. The summed E-state index contributed by atoms with van der Waals surface area (Å²) in [7, 11) is 0. The van der Waals surface area contributed by atoms with Crippen molar-refractivity contribution in [3.63, 3.8) is 0 Å². The second-order valence-corrected chi connectivity index (χ2v) is 11.0. The maximum atomic E-state index is 13.0. The average molecular weight is 529 g/mol. The minimum Gasteiger partial charge on any atom is -0.289 e. The third-order valence-corrected chi connectivity index (χ3v) is 7.75. The number of carbonyl (C=O) groups excluding carboxylic acids is 2. The highest BCUT2D eigenvalue weighted by Gasteiger charge is 2.28. The van der Waals surface area contributed by atoms with Crippen molar-refractivity contribution in [2.75, 3.05) is 0 Å². The van der Waals surface area contributed by atoms with Gasteiger partial charge < -0.3 is 0 Å². The maximum absolute atomic E-state index is 13.0. The van der Waals surface area contributed by atoms with Crippen molar-refractivity contribution in [2.24, 2.45) is 0 Å². The van der Waals surface area contributed by atoms with Crippen molar-refractivity contribution in [3.05, 3.63) is 142 Å². The van der Waals surface area contributed by atoms with Crippen molar-refractivity contribution in [3.8, 4) is 11.1 Å². The van der Waals surface area contributed by atoms with E-state index >= 15 is 0 Å². The normalized spacial score (nSPS) is 14.6. The van der Waals surface area contributed by atoms with E-state index in [0.29, 0.717) is 28.7 Å². The van der Waals surface area contributed by atoms with Crippen molar-refractivity contribution < 1.29 is 9.59 Å². The highest BCUT2D eigenvalue weighted by atomic mass is 16.1. The van der Waals surface area contributed by atoms with Crippen LogP contribution in [0.1, 0.15) is 86.1 Å². The molecule has 0 radical (unpaired) electrons. The summed E-state index contributed by atoms with van der Waals surface area (Å²) in [6.07, 6.45) is 12.4. The predicted molar refractivity (Wildman–Crippen MR) is 168 cm³/mol. The van der Waals surface area contributed by atoms with E-state index in [9.17, 15) is 9.59 Å². The van der Waals surface area contributed by atoms with Crippen molar-refractivity contribution >= 4 is 11.6 Å². The van der Waals surface area contributed by atoms with Gasteiger partial charge in [0.1, 0.15) is 0 Å². The molecule has 0 N–H and O–H groups in total. The Balaban J connectivity index is 1.21. The minimum absolute atomic E-state index is 0.0139. The fourth-order valence-corrected chi connectivity index (χ4v) is 5.21. The first-order valence-electron chi connectivity index (χ1n) is 14.3. The van der Waals surface area contributed by atoms with Crippen LogP contribution in [-0.2, 0) is 6.42 Å². The second kappa shape index (κ2) is 13.8. The molecule has 0 heterocycles. The molecule has 0 aliphatic heterocycles. The lowest BCUT2D eigenvalue weighted by atomic mass is 9.83. The molecule has 3 aromatic rings. The number of rotatable bonds is 11. The minimum atomic E-state index is -0.0277. The first-order chi connectivity index (χ1) is 19.3. The van der Waals surface area contributed by atoms with Crippen LogP contribution in [0, 0.1) is 0 Å². The van der Waals surface area contributed by atoms with Crippen LogP contribution in [0.4, 0.5) is 0 Å². The first-order valence-corrected chi connectivity index (χ1v) is 14.3. The van der Waals surface area contributed by atoms with Gasteiger partial charge in [0.15, 0.2) is 11.6 Å². The van der Waals surface area contributed by atoms with Gasteiger partial charge in [-0.15, -0.1) is 0 Å². The molecule has 3 aromatic carbocycles. The summed E-state index contributed by atoms with van der Waals surface area (Å²) < 4.78 is 0. The smallest absolute Gasteiger partial charge is 0.190 e. The SMILES string of the molecule is CC1=C(C/C=C(\C)CC/C=C(\C)CC/C=C(\C)Cc2ccc(-c3ccccc3)cc2)C(=O)c2ccccc2C1=O. The van der Waals surface area contributed by atoms with Crippen molar-refractivity contribution in [1.29, 1.82) is 0 Å². The van der Waals surface area contributed by atoms with Gasteiger partial charge in [0.25, 0.3) is 0 Å². The zero-order valence-electron chi connectivity index (χ0n) is 24.3. The number of allylic oxidation sites excluding steroid dienone is 8. The summed E-state index contributed by atoms with van der Waals surface area (Å²) in [5, 5.41) is 0. The molecule has 0 spiro atoms. The molecule has 204 valence electrons. The number of Topliss-reactive ketones (excluding diaryl/α,β-unsaturated/α-hetero) is 2. The zero-order valence-corrected chi connectivity index (χ0v) is 24.3. The zero-order chi connectivity index (χ0) is 28.5. The van der Waals surface area contributed by atoms with Crippen molar-refractivity contribution in [2.45, 2.75) is 66.2 Å².